The number of carbonyl (C=O) groups excluding carboxylic acids is 1. The Labute approximate surface area is 159 Å². The number of likely N-dealkylation sites (N-methyl/N-ethyl adjacent to an activating group) is 1. The molecule has 1 atom stereocenters. The summed E-state index contributed by atoms with van der Waals surface area (Å²) in [6.45, 7) is 3.69. The highest BCUT2D eigenvalue weighted by molar-refractivity contribution is 6.09. The van der Waals surface area contributed by atoms with E-state index in [1.807, 2.05) is 0 Å². The molecule has 9 heteroatoms. The Morgan fingerprint density at radius 1 is 1.32 bits per heavy atom. The summed E-state index contributed by atoms with van der Waals surface area (Å²) in [7, 11) is 1.35. The second kappa shape index (κ2) is 7.87. The molecule has 0 fully saturated rings. The zero-order chi connectivity index (χ0) is 21.2. The van der Waals surface area contributed by atoms with E-state index in [9.17, 15) is 22.4 Å². The van der Waals surface area contributed by atoms with Gasteiger partial charge in [-0.05, 0) is 54.8 Å². The van der Waals surface area contributed by atoms with E-state index in [2.05, 4.69) is 16.3 Å². The second-order valence-corrected chi connectivity index (χ2v) is 6.09. The number of allylic oxidation sites excluding steroid dienone is 2. The predicted octanol–water partition coefficient (Wildman–Crippen LogP) is 3.59. The number of hydrogen-bond donors (Lipinski definition) is 1. The molecule has 150 valence electrons. The summed E-state index contributed by atoms with van der Waals surface area (Å²) < 4.78 is 57.2. The zero-order valence-corrected chi connectivity index (χ0v) is 15.5. The van der Waals surface area contributed by atoms with Crippen LogP contribution in [0.1, 0.15) is 19.4 Å². The Morgan fingerprint density at radius 3 is 2.32 bits per heavy atom. The van der Waals surface area contributed by atoms with E-state index in [1.54, 1.807) is 0 Å². The van der Waals surface area contributed by atoms with Gasteiger partial charge in [0.05, 0.1) is 0 Å². The molecule has 0 saturated carbocycles. The highest BCUT2D eigenvalue weighted by Crippen LogP contribution is 2.40. The van der Waals surface area contributed by atoms with Gasteiger partial charge in [0.15, 0.2) is 11.5 Å². The summed E-state index contributed by atoms with van der Waals surface area (Å²) in [5, 5.41) is 0. The normalized spacial score (nSPS) is 20.6. The van der Waals surface area contributed by atoms with Crippen LogP contribution in [0, 0.1) is 11.6 Å². The van der Waals surface area contributed by atoms with Gasteiger partial charge in [-0.25, -0.2) is 13.8 Å². The van der Waals surface area contributed by atoms with Crippen molar-refractivity contribution in [1.82, 2.24) is 4.90 Å². The molecule has 28 heavy (non-hydrogen) atoms. The fraction of sp³-hybridized carbons (Fsp3) is 0.263. The molecular formula is C19H19F4N3O2. The molecule has 1 unspecified atom stereocenters. The number of aliphatic imine (C=N–C) groups is 1. The lowest BCUT2D eigenvalue weighted by atomic mass is 9.82. The first kappa shape index (κ1) is 21.2. The number of ether oxygens (including phenoxy) is 1. The molecule has 1 amide bonds. The smallest absolute Gasteiger partial charge is 0.387 e. The molecule has 0 bridgehead atoms. The summed E-state index contributed by atoms with van der Waals surface area (Å²) in [5.74, 6) is -2.87. The molecule has 1 aliphatic heterocycles. The van der Waals surface area contributed by atoms with Crippen LogP contribution in [0.2, 0.25) is 0 Å². The molecular weight excluding hydrogens is 378 g/mol. The van der Waals surface area contributed by atoms with E-state index in [0.717, 1.165) is 17.0 Å². The third-order valence-corrected chi connectivity index (χ3v) is 4.24. The van der Waals surface area contributed by atoms with Gasteiger partial charge in [0.2, 0.25) is 0 Å². The molecule has 5 nitrogen and oxygen atoms in total. The number of carbonyl (C=O) groups is 1. The quantitative estimate of drug-likeness (QED) is 0.453. The highest BCUT2D eigenvalue weighted by atomic mass is 19.3. The van der Waals surface area contributed by atoms with Crippen LogP contribution in [-0.4, -0.2) is 30.4 Å². The van der Waals surface area contributed by atoms with Crippen LogP contribution in [0.15, 0.2) is 58.8 Å². The number of alkyl halides is 2. The third-order valence-electron chi connectivity index (χ3n) is 4.24. The van der Waals surface area contributed by atoms with E-state index in [0.29, 0.717) is 6.07 Å². The van der Waals surface area contributed by atoms with Crippen molar-refractivity contribution in [3.63, 3.8) is 0 Å². The Bertz CT molecular complexity index is 888. The monoisotopic (exact) mass is 397 g/mol. The van der Waals surface area contributed by atoms with Crippen molar-refractivity contribution in [3.8, 4) is 0 Å². The molecule has 2 N–H and O–H groups in total. The van der Waals surface area contributed by atoms with Crippen molar-refractivity contribution in [3.05, 3.63) is 71.0 Å². The average molecular weight is 397 g/mol. The minimum atomic E-state index is -3.05. The lowest BCUT2D eigenvalue weighted by molar-refractivity contribution is -0.129. The molecule has 1 heterocycles. The second-order valence-electron chi connectivity index (χ2n) is 6.09. The molecule has 0 aliphatic carbocycles. The number of nitrogens with two attached hydrogens (primary N) is 1. The first-order valence-electron chi connectivity index (χ1n) is 8.12. The fourth-order valence-corrected chi connectivity index (χ4v) is 2.91. The van der Waals surface area contributed by atoms with Gasteiger partial charge in [-0.3, -0.25) is 9.69 Å². The van der Waals surface area contributed by atoms with Gasteiger partial charge < -0.3 is 10.5 Å². The summed E-state index contributed by atoms with van der Waals surface area (Å²) >= 11 is 0. The number of guanidine groups is 1. The fourth-order valence-electron chi connectivity index (χ4n) is 2.91. The summed E-state index contributed by atoms with van der Waals surface area (Å²) in [6.07, 6.45) is 2.59. The maximum absolute atomic E-state index is 13.8. The predicted molar refractivity (Wildman–Crippen MR) is 96.2 cm³/mol. The maximum atomic E-state index is 13.8. The Morgan fingerprint density at radius 2 is 1.89 bits per heavy atom. The van der Waals surface area contributed by atoms with Gasteiger partial charge in [0.25, 0.3) is 5.91 Å². The molecule has 0 aromatic heterocycles. The van der Waals surface area contributed by atoms with Gasteiger partial charge in [-0.1, -0.05) is 6.58 Å². The van der Waals surface area contributed by atoms with Gasteiger partial charge in [-0.2, -0.15) is 8.78 Å². The van der Waals surface area contributed by atoms with Crippen LogP contribution in [0.25, 0.3) is 0 Å². The van der Waals surface area contributed by atoms with Gasteiger partial charge in [0.1, 0.15) is 17.4 Å². The van der Waals surface area contributed by atoms with Gasteiger partial charge in [0, 0.05) is 13.1 Å². The number of nitrogens with zero attached hydrogens (tertiary/aromatic N) is 2. The minimum absolute atomic E-state index is 0.0236. The summed E-state index contributed by atoms with van der Waals surface area (Å²) in [5.41, 5.74) is 3.86. The van der Waals surface area contributed by atoms with E-state index in [1.165, 1.54) is 33.0 Å². The lowest BCUT2D eigenvalue weighted by Crippen LogP contribution is -2.41. The minimum Gasteiger partial charge on any atom is -0.435 e. The topological polar surface area (TPSA) is 67.9 Å². The zero-order valence-electron chi connectivity index (χ0n) is 15.5. The Hall–Kier alpha value is -3.10. The molecule has 2 rings (SSSR count). The van der Waals surface area contributed by atoms with E-state index in [-0.39, 0.29) is 28.4 Å². The van der Waals surface area contributed by atoms with Crippen molar-refractivity contribution in [1.29, 1.82) is 0 Å². The average Bonchev–Trinajstić information content (AvgIpc) is 2.83. The first-order chi connectivity index (χ1) is 13.0. The highest BCUT2D eigenvalue weighted by Gasteiger charge is 2.50. The first-order valence-corrected chi connectivity index (χ1v) is 8.12. The summed E-state index contributed by atoms with van der Waals surface area (Å²) in [6, 6.07) is 2.53. The van der Waals surface area contributed by atoms with Crippen LogP contribution in [-0.2, 0) is 15.1 Å². The number of amides is 1. The van der Waals surface area contributed by atoms with Crippen LogP contribution < -0.4 is 5.73 Å². The van der Waals surface area contributed by atoms with Crippen LogP contribution in [0.4, 0.5) is 17.6 Å². The van der Waals surface area contributed by atoms with Crippen molar-refractivity contribution < 1.29 is 27.1 Å². The van der Waals surface area contributed by atoms with Crippen LogP contribution in [0.5, 0.6) is 0 Å². The summed E-state index contributed by atoms with van der Waals surface area (Å²) in [4.78, 5) is 18.1. The van der Waals surface area contributed by atoms with Crippen LogP contribution >= 0.6 is 0 Å². The maximum Gasteiger partial charge on any atom is 0.387 e. The van der Waals surface area contributed by atoms with Crippen molar-refractivity contribution in [2.75, 3.05) is 7.05 Å². The molecule has 1 aromatic carbocycles. The Kier molecular flexibility index (Phi) is 5.96. The van der Waals surface area contributed by atoms with Gasteiger partial charge >= 0.3 is 6.61 Å². The molecule has 0 radical (unpaired) electrons. The third kappa shape index (κ3) is 3.78. The Balaban J connectivity index is 2.63. The largest absolute Gasteiger partial charge is 0.435 e. The van der Waals surface area contributed by atoms with E-state index in [4.69, 9.17) is 5.73 Å². The lowest BCUT2D eigenvalue weighted by Gasteiger charge is -2.27. The molecule has 0 saturated heterocycles. The number of halogens is 4. The van der Waals surface area contributed by atoms with E-state index < -0.39 is 29.7 Å². The van der Waals surface area contributed by atoms with E-state index >= 15 is 0 Å². The number of rotatable bonds is 6. The standard InChI is InChI=1S/C19H19F4N3O2/c1-5-15(28-17(22)23)10(2)6-11(3)19(16(27)26(4)18(24)25-19)12-7-13(20)9-14(21)8-12/h5-9,17H,3H2,1-2,4H3,(H2,24,25). The number of hydrogen-bond acceptors (Lipinski definition) is 4. The van der Waals surface area contributed by atoms with Crippen molar-refractivity contribution in [2.24, 2.45) is 10.7 Å². The molecule has 0 spiro atoms. The van der Waals surface area contributed by atoms with Gasteiger partial charge in [-0.15, -0.1) is 0 Å². The molecule has 1 aliphatic rings. The van der Waals surface area contributed by atoms with Crippen molar-refractivity contribution in [2.45, 2.75) is 26.0 Å². The number of benzene rings is 1. The molecule has 1 aromatic rings. The van der Waals surface area contributed by atoms with Crippen molar-refractivity contribution >= 4 is 11.9 Å². The van der Waals surface area contributed by atoms with Crippen LogP contribution in [0.3, 0.4) is 0 Å². The SMILES string of the molecule is C=C(C=C(C)C(=CC)OC(F)F)C1(c2cc(F)cc(F)c2)N=C(N)N(C)C1=O.